The van der Waals surface area contributed by atoms with Gasteiger partial charge in [0.15, 0.2) is 5.16 Å². The maximum absolute atomic E-state index is 13.2. The molecule has 0 saturated carbocycles. The molecular weight excluding hydrogens is 466 g/mol. The quantitative estimate of drug-likeness (QED) is 0.384. The first kappa shape index (κ1) is 22.8. The van der Waals surface area contributed by atoms with Crippen molar-refractivity contribution < 1.29 is 9.53 Å². The Hall–Kier alpha value is -2.42. The minimum absolute atomic E-state index is 0.0485. The van der Waals surface area contributed by atoms with Crippen LogP contribution in [0, 0.1) is 0 Å². The number of amides is 1. The number of halogens is 1. The maximum atomic E-state index is 13.2. The lowest BCUT2D eigenvalue weighted by Crippen LogP contribution is -2.26. The van der Waals surface area contributed by atoms with E-state index in [0.717, 1.165) is 17.7 Å². The Balaban J connectivity index is 1.57. The van der Waals surface area contributed by atoms with Crippen LogP contribution < -0.4 is 15.6 Å². The summed E-state index contributed by atoms with van der Waals surface area (Å²) < 4.78 is 6.95. The molecule has 1 amide bonds. The Bertz CT molecular complexity index is 1200. The molecule has 2 heterocycles. The van der Waals surface area contributed by atoms with Crippen molar-refractivity contribution >= 4 is 46.7 Å². The fourth-order valence-corrected chi connectivity index (χ4v) is 5.54. The average molecular weight is 488 g/mol. The number of carbonyl (C=O) groups excluding carboxylic acids is 1. The fourth-order valence-electron chi connectivity index (χ4n) is 3.44. The second kappa shape index (κ2) is 10.0. The SMILES string of the molecule is COc1ccc(Cl)cc1NC(=O)CSc1nc2c(c(=O)n1Cc1ccccc1)S[C@@H](C)C2. The molecule has 0 bridgehead atoms. The number of anilines is 1. The van der Waals surface area contributed by atoms with E-state index in [2.05, 4.69) is 12.2 Å². The van der Waals surface area contributed by atoms with E-state index in [4.69, 9.17) is 21.3 Å². The van der Waals surface area contributed by atoms with Gasteiger partial charge in [-0.3, -0.25) is 14.2 Å². The van der Waals surface area contributed by atoms with Gasteiger partial charge in [0.2, 0.25) is 5.91 Å². The number of hydrogen-bond donors (Lipinski definition) is 1. The van der Waals surface area contributed by atoms with Gasteiger partial charge in [0.05, 0.1) is 35.7 Å². The zero-order chi connectivity index (χ0) is 22.7. The van der Waals surface area contributed by atoms with Crippen molar-refractivity contribution in [3.63, 3.8) is 0 Å². The molecule has 0 saturated heterocycles. The van der Waals surface area contributed by atoms with Crippen molar-refractivity contribution in [2.24, 2.45) is 0 Å². The molecule has 1 atom stereocenters. The normalized spacial score (nSPS) is 14.8. The fraction of sp³-hybridized carbons (Fsp3) is 0.261. The molecule has 166 valence electrons. The standard InChI is InChI=1S/C23H22ClN3O3S2/c1-14-10-18-21(32-14)22(29)27(12-15-6-4-3-5-7-15)23(26-18)31-13-20(28)25-17-11-16(24)8-9-19(17)30-2/h3-9,11,14H,10,12-13H2,1-2H3,(H,25,28)/t14-/m0/s1. The Kier molecular flexibility index (Phi) is 7.13. The summed E-state index contributed by atoms with van der Waals surface area (Å²) in [7, 11) is 1.53. The first-order chi connectivity index (χ1) is 15.4. The molecule has 3 aromatic rings. The predicted octanol–water partition coefficient (Wildman–Crippen LogP) is 4.72. The summed E-state index contributed by atoms with van der Waals surface area (Å²) in [5.41, 5.74) is 2.27. The largest absolute Gasteiger partial charge is 0.495 e. The molecule has 0 unspecified atom stereocenters. The first-order valence-electron chi connectivity index (χ1n) is 10.0. The van der Waals surface area contributed by atoms with Crippen molar-refractivity contribution in [1.29, 1.82) is 0 Å². The van der Waals surface area contributed by atoms with Crippen LogP contribution >= 0.6 is 35.1 Å². The molecule has 1 aromatic heterocycles. The number of carbonyl (C=O) groups is 1. The van der Waals surface area contributed by atoms with E-state index in [1.54, 1.807) is 34.5 Å². The molecule has 1 aliphatic rings. The number of nitrogens with one attached hydrogen (secondary N) is 1. The van der Waals surface area contributed by atoms with Crippen LogP contribution in [0.15, 0.2) is 63.4 Å². The molecule has 6 nitrogen and oxygen atoms in total. The number of methoxy groups -OCH3 is 1. The van der Waals surface area contributed by atoms with Gasteiger partial charge in [-0.05, 0) is 23.8 Å². The summed E-state index contributed by atoms with van der Waals surface area (Å²) in [6.07, 6.45) is 0.751. The molecule has 1 N–H and O–H groups in total. The van der Waals surface area contributed by atoms with Gasteiger partial charge in [0, 0.05) is 16.7 Å². The van der Waals surface area contributed by atoms with E-state index in [0.29, 0.717) is 38.3 Å². The van der Waals surface area contributed by atoms with Crippen molar-refractivity contribution in [2.75, 3.05) is 18.2 Å². The molecule has 4 rings (SSSR count). The van der Waals surface area contributed by atoms with Crippen molar-refractivity contribution in [3.05, 3.63) is 75.2 Å². The van der Waals surface area contributed by atoms with Gasteiger partial charge < -0.3 is 10.1 Å². The van der Waals surface area contributed by atoms with Crippen LogP contribution in [0.25, 0.3) is 0 Å². The van der Waals surface area contributed by atoms with Crippen LogP contribution in [0.4, 0.5) is 5.69 Å². The molecule has 0 radical (unpaired) electrons. The molecule has 0 fully saturated rings. The lowest BCUT2D eigenvalue weighted by molar-refractivity contribution is -0.113. The van der Waals surface area contributed by atoms with E-state index in [1.807, 2.05) is 30.3 Å². The van der Waals surface area contributed by atoms with E-state index < -0.39 is 0 Å². The third-order valence-corrected chi connectivity index (χ3v) is 7.34. The van der Waals surface area contributed by atoms with Gasteiger partial charge in [-0.2, -0.15) is 0 Å². The molecule has 9 heteroatoms. The summed E-state index contributed by atoms with van der Waals surface area (Å²) >= 11 is 8.87. The van der Waals surface area contributed by atoms with Gasteiger partial charge in [-0.25, -0.2) is 4.98 Å². The van der Waals surface area contributed by atoms with Crippen LogP contribution in [0.1, 0.15) is 18.2 Å². The van der Waals surface area contributed by atoms with E-state index in [1.165, 1.54) is 18.9 Å². The highest BCUT2D eigenvalue weighted by atomic mass is 35.5. The zero-order valence-electron chi connectivity index (χ0n) is 17.6. The van der Waals surface area contributed by atoms with Crippen molar-refractivity contribution in [2.45, 2.75) is 35.2 Å². The first-order valence-corrected chi connectivity index (χ1v) is 12.3. The van der Waals surface area contributed by atoms with Crippen molar-refractivity contribution in [3.8, 4) is 5.75 Å². The van der Waals surface area contributed by atoms with Crippen LogP contribution in [0.5, 0.6) is 5.75 Å². The van der Waals surface area contributed by atoms with Gasteiger partial charge in [0.1, 0.15) is 5.75 Å². The Labute approximate surface area is 199 Å². The maximum Gasteiger partial charge on any atom is 0.268 e. The molecular formula is C23H22ClN3O3S2. The Morgan fingerprint density at radius 3 is 2.84 bits per heavy atom. The monoisotopic (exact) mass is 487 g/mol. The predicted molar refractivity (Wildman–Crippen MR) is 130 cm³/mol. The third kappa shape index (κ3) is 5.14. The summed E-state index contributed by atoms with van der Waals surface area (Å²) in [6, 6.07) is 14.8. The van der Waals surface area contributed by atoms with Crippen LogP contribution in [-0.4, -0.2) is 33.6 Å². The van der Waals surface area contributed by atoms with Gasteiger partial charge in [-0.1, -0.05) is 60.6 Å². The van der Waals surface area contributed by atoms with E-state index in [-0.39, 0.29) is 17.2 Å². The van der Waals surface area contributed by atoms with Crippen molar-refractivity contribution in [1.82, 2.24) is 9.55 Å². The molecule has 0 spiro atoms. The third-order valence-electron chi connectivity index (χ3n) is 4.91. The molecule has 32 heavy (non-hydrogen) atoms. The average Bonchev–Trinajstić information content (AvgIpc) is 3.16. The summed E-state index contributed by atoms with van der Waals surface area (Å²) in [6.45, 7) is 2.49. The zero-order valence-corrected chi connectivity index (χ0v) is 20.0. The number of ether oxygens (including phenoxy) is 1. The lowest BCUT2D eigenvalue weighted by Gasteiger charge is -2.14. The number of nitrogens with zero attached hydrogens (tertiary/aromatic N) is 2. The molecule has 1 aliphatic heterocycles. The molecule has 0 aliphatic carbocycles. The highest BCUT2D eigenvalue weighted by molar-refractivity contribution is 8.00. The summed E-state index contributed by atoms with van der Waals surface area (Å²) in [5.74, 6) is 0.382. The van der Waals surface area contributed by atoms with Crippen LogP contribution in [0.2, 0.25) is 5.02 Å². The Morgan fingerprint density at radius 2 is 2.09 bits per heavy atom. The van der Waals surface area contributed by atoms with E-state index >= 15 is 0 Å². The second-order valence-electron chi connectivity index (χ2n) is 7.36. The number of fused-ring (bicyclic) bond motifs is 1. The molecule has 2 aromatic carbocycles. The van der Waals surface area contributed by atoms with E-state index in [9.17, 15) is 9.59 Å². The smallest absolute Gasteiger partial charge is 0.268 e. The second-order valence-corrected chi connectivity index (χ2v) is 10.2. The minimum atomic E-state index is -0.237. The number of rotatable bonds is 7. The summed E-state index contributed by atoms with van der Waals surface area (Å²) in [4.78, 5) is 31.4. The topological polar surface area (TPSA) is 73.2 Å². The Morgan fingerprint density at radius 1 is 1.31 bits per heavy atom. The number of hydrogen-bond acceptors (Lipinski definition) is 6. The minimum Gasteiger partial charge on any atom is -0.495 e. The van der Waals surface area contributed by atoms with Gasteiger partial charge in [-0.15, -0.1) is 11.8 Å². The lowest BCUT2D eigenvalue weighted by atomic mass is 10.2. The van der Waals surface area contributed by atoms with Gasteiger partial charge >= 0.3 is 0 Å². The van der Waals surface area contributed by atoms with Crippen LogP contribution in [0.3, 0.4) is 0 Å². The highest BCUT2D eigenvalue weighted by Gasteiger charge is 2.26. The highest BCUT2D eigenvalue weighted by Crippen LogP contribution is 2.34. The number of benzene rings is 2. The van der Waals surface area contributed by atoms with Gasteiger partial charge in [0.25, 0.3) is 5.56 Å². The number of thioether (sulfide) groups is 2. The number of aromatic nitrogens is 2. The summed E-state index contributed by atoms with van der Waals surface area (Å²) in [5, 5.41) is 4.18. The van der Waals surface area contributed by atoms with Crippen LogP contribution in [-0.2, 0) is 17.8 Å².